The molecule has 1 saturated heterocycles. The van der Waals surface area contributed by atoms with Crippen molar-refractivity contribution in [1.82, 2.24) is 15.2 Å². The summed E-state index contributed by atoms with van der Waals surface area (Å²) in [5.41, 5.74) is 5.50. The van der Waals surface area contributed by atoms with Gasteiger partial charge in [-0.15, -0.1) is 0 Å². The van der Waals surface area contributed by atoms with E-state index in [1.165, 1.54) is 12.3 Å². The Hall–Kier alpha value is -2.85. The highest BCUT2D eigenvalue weighted by Crippen LogP contribution is 2.32. The van der Waals surface area contributed by atoms with E-state index in [-0.39, 0.29) is 36.4 Å². The Morgan fingerprint density at radius 2 is 2.00 bits per heavy atom. The molecule has 0 radical (unpaired) electrons. The lowest BCUT2D eigenvalue weighted by Crippen LogP contribution is -2.44. The summed E-state index contributed by atoms with van der Waals surface area (Å²) in [6.45, 7) is 1.06. The fourth-order valence-corrected chi connectivity index (χ4v) is 3.92. The molecule has 3 rings (SSSR count). The van der Waals surface area contributed by atoms with Gasteiger partial charge in [-0.2, -0.15) is 13.2 Å². The number of ether oxygens (including phenoxy) is 1. The topological polar surface area (TPSA) is 115 Å². The fourth-order valence-electron chi connectivity index (χ4n) is 3.92. The molecule has 2 unspecified atom stereocenters. The molecule has 1 saturated carbocycles. The van der Waals surface area contributed by atoms with Gasteiger partial charge in [-0.3, -0.25) is 14.5 Å². The third kappa shape index (κ3) is 5.26. The molecule has 0 spiro atoms. The summed E-state index contributed by atoms with van der Waals surface area (Å²) in [4.78, 5) is 41.6. The standard InChI is InChI=1S/C20H25F3N4O4/c1-11(20(21,22)23)4-9-15-18(29)27(19(30)26-15)12-5-7-13(8-6-12)31-17-14(16(24)28)3-2-10-25-17/h2-3,10-13,15H,4-9H2,1H3,(H2,24,28)(H,26,30)/t11?,12-,13-,15?. The number of nitrogens with two attached hydrogens (primary N) is 1. The van der Waals surface area contributed by atoms with E-state index in [1.807, 2.05) is 0 Å². The van der Waals surface area contributed by atoms with Crippen molar-refractivity contribution in [2.75, 3.05) is 0 Å². The predicted molar refractivity (Wildman–Crippen MR) is 103 cm³/mol. The lowest BCUT2D eigenvalue weighted by Gasteiger charge is -2.33. The van der Waals surface area contributed by atoms with E-state index in [2.05, 4.69) is 10.3 Å². The van der Waals surface area contributed by atoms with Gasteiger partial charge in [-0.05, 0) is 50.7 Å². The maximum Gasteiger partial charge on any atom is 0.391 e. The molecule has 0 bridgehead atoms. The van der Waals surface area contributed by atoms with Crippen LogP contribution in [0.3, 0.4) is 0 Å². The van der Waals surface area contributed by atoms with Crippen molar-refractivity contribution in [3.05, 3.63) is 23.9 Å². The number of nitrogens with zero attached hydrogens (tertiary/aromatic N) is 2. The van der Waals surface area contributed by atoms with Crippen molar-refractivity contribution < 1.29 is 32.3 Å². The minimum atomic E-state index is -4.33. The molecule has 1 aliphatic heterocycles. The van der Waals surface area contributed by atoms with E-state index in [1.54, 1.807) is 6.07 Å². The van der Waals surface area contributed by atoms with Gasteiger partial charge in [0, 0.05) is 12.2 Å². The van der Waals surface area contributed by atoms with E-state index < -0.39 is 36.0 Å². The van der Waals surface area contributed by atoms with Crippen molar-refractivity contribution >= 4 is 17.8 Å². The number of imide groups is 1. The SMILES string of the molecule is CC(CCC1NC(=O)N([C@H]2CC[C@H](Oc3ncccc3C(N)=O)CC2)C1=O)C(F)(F)F. The summed E-state index contributed by atoms with van der Waals surface area (Å²) >= 11 is 0. The minimum absolute atomic E-state index is 0.0597. The Bertz CT molecular complexity index is 840. The van der Waals surface area contributed by atoms with Crippen LogP contribution in [0.2, 0.25) is 0 Å². The lowest BCUT2D eigenvalue weighted by molar-refractivity contribution is -0.171. The summed E-state index contributed by atoms with van der Waals surface area (Å²) in [6.07, 6.45) is -1.39. The number of carbonyl (C=O) groups is 3. The maximum atomic E-state index is 12.7. The second-order valence-electron chi connectivity index (χ2n) is 8.00. The normalized spacial score (nSPS) is 25.3. The molecule has 31 heavy (non-hydrogen) atoms. The van der Waals surface area contributed by atoms with Gasteiger partial charge in [-0.1, -0.05) is 6.92 Å². The first-order valence-electron chi connectivity index (χ1n) is 10.2. The molecule has 4 amide bonds. The third-order valence-electron chi connectivity index (χ3n) is 5.82. The quantitative estimate of drug-likeness (QED) is 0.630. The molecule has 8 nitrogen and oxygen atoms in total. The molecule has 2 atom stereocenters. The fraction of sp³-hybridized carbons (Fsp3) is 0.600. The molecular weight excluding hydrogens is 417 g/mol. The van der Waals surface area contributed by atoms with Crippen molar-refractivity contribution in [2.45, 2.75) is 69.8 Å². The van der Waals surface area contributed by atoms with Crippen LogP contribution in [-0.4, -0.2) is 52.1 Å². The Balaban J connectivity index is 1.54. The average molecular weight is 442 g/mol. The first-order chi connectivity index (χ1) is 14.6. The monoisotopic (exact) mass is 442 g/mol. The zero-order valence-electron chi connectivity index (χ0n) is 17.0. The second kappa shape index (κ2) is 9.11. The van der Waals surface area contributed by atoms with Crippen molar-refractivity contribution in [1.29, 1.82) is 0 Å². The first kappa shape index (κ1) is 22.8. The molecular formula is C20H25F3N4O4. The number of hydrogen-bond acceptors (Lipinski definition) is 5. The van der Waals surface area contributed by atoms with Gasteiger partial charge in [0.2, 0.25) is 5.88 Å². The molecule has 2 aliphatic rings. The van der Waals surface area contributed by atoms with Crippen LogP contribution in [0.15, 0.2) is 18.3 Å². The number of hydrogen-bond donors (Lipinski definition) is 2. The Morgan fingerprint density at radius 1 is 1.32 bits per heavy atom. The molecule has 11 heteroatoms. The van der Waals surface area contributed by atoms with Gasteiger partial charge in [-0.25, -0.2) is 9.78 Å². The van der Waals surface area contributed by atoms with Crippen LogP contribution in [0.1, 0.15) is 55.8 Å². The van der Waals surface area contributed by atoms with Crippen molar-refractivity contribution in [3.8, 4) is 5.88 Å². The van der Waals surface area contributed by atoms with E-state index in [0.29, 0.717) is 25.7 Å². The van der Waals surface area contributed by atoms with Crippen LogP contribution in [0.4, 0.5) is 18.0 Å². The lowest BCUT2D eigenvalue weighted by atomic mass is 9.91. The number of nitrogens with one attached hydrogen (secondary N) is 1. The minimum Gasteiger partial charge on any atom is -0.474 e. The van der Waals surface area contributed by atoms with E-state index in [9.17, 15) is 27.6 Å². The second-order valence-corrected chi connectivity index (χ2v) is 8.00. The van der Waals surface area contributed by atoms with Crippen LogP contribution >= 0.6 is 0 Å². The summed E-state index contributed by atoms with van der Waals surface area (Å²) in [6, 6.07) is 1.24. The average Bonchev–Trinajstić information content (AvgIpc) is 2.99. The van der Waals surface area contributed by atoms with Gasteiger partial charge in [0.05, 0.1) is 5.92 Å². The molecule has 0 aromatic carbocycles. The number of primary amides is 1. The molecule has 2 fully saturated rings. The molecule has 170 valence electrons. The zero-order chi connectivity index (χ0) is 22.8. The van der Waals surface area contributed by atoms with Crippen LogP contribution in [0.25, 0.3) is 0 Å². The summed E-state index contributed by atoms with van der Waals surface area (Å²) in [5, 5.41) is 2.51. The van der Waals surface area contributed by atoms with Gasteiger partial charge < -0.3 is 15.8 Å². The molecule has 1 aliphatic carbocycles. The number of carbonyl (C=O) groups excluding carboxylic acids is 3. The van der Waals surface area contributed by atoms with Crippen LogP contribution in [-0.2, 0) is 4.79 Å². The number of urea groups is 1. The predicted octanol–water partition coefficient (Wildman–Crippen LogP) is 2.77. The number of aromatic nitrogens is 1. The summed E-state index contributed by atoms with van der Waals surface area (Å²) in [7, 11) is 0. The zero-order valence-corrected chi connectivity index (χ0v) is 17.0. The highest BCUT2D eigenvalue weighted by molar-refractivity contribution is 6.04. The summed E-state index contributed by atoms with van der Waals surface area (Å²) < 4.78 is 43.9. The number of halogens is 3. The van der Waals surface area contributed by atoms with Crippen LogP contribution in [0, 0.1) is 5.92 Å². The number of pyridine rings is 1. The van der Waals surface area contributed by atoms with E-state index in [0.717, 1.165) is 11.8 Å². The van der Waals surface area contributed by atoms with Gasteiger partial charge in [0.1, 0.15) is 17.7 Å². The molecule has 3 N–H and O–H groups in total. The largest absolute Gasteiger partial charge is 0.474 e. The van der Waals surface area contributed by atoms with E-state index in [4.69, 9.17) is 10.5 Å². The molecule has 1 aromatic rings. The molecule has 2 heterocycles. The van der Waals surface area contributed by atoms with Crippen LogP contribution < -0.4 is 15.8 Å². The smallest absolute Gasteiger partial charge is 0.391 e. The Labute approximate surface area is 177 Å². The van der Waals surface area contributed by atoms with Crippen molar-refractivity contribution in [2.24, 2.45) is 11.7 Å². The van der Waals surface area contributed by atoms with Gasteiger partial charge >= 0.3 is 12.2 Å². The van der Waals surface area contributed by atoms with E-state index >= 15 is 0 Å². The third-order valence-corrected chi connectivity index (χ3v) is 5.82. The first-order valence-corrected chi connectivity index (χ1v) is 10.2. The Morgan fingerprint density at radius 3 is 2.61 bits per heavy atom. The highest BCUT2D eigenvalue weighted by Gasteiger charge is 2.44. The van der Waals surface area contributed by atoms with Gasteiger partial charge in [0.15, 0.2) is 0 Å². The van der Waals surface area contributed by atoms with Gasteiger partial charge in [0.25, 0.3) is 11.8 Å². The number of alkyl halides is 3. The number of amides is 4. The molecule has 1 aromatic heterocycles. The summed E-state index contributed by atoms with van der Waals surface area (Å²) in [5.74, 6) is -2.53. The number of rotatable bonds is 7. The maximum absolute atomic E-state index is 12.7. The Kier molecular flexibility index (Phi) is 6.71. The highest BCUT2D eigenvalue weighted by atomic mass is 19.4. The van der Waals surface area contributed by atoms with Crippen LogP contribution in [0.5, 0.6) is 5.88 Å². The van der Waals surface area contributed by atoms with Crippen molar-refractivity contribution in [3.63, 3.8) is 0 Å².